The van der Waals surface area contributed by atoms with Gasteiger partial charge in [-0.15, -0.1) is 11.3 Å². The summed E-state index contributed by atoms with van der Waals surface area (Å²) in [5, 5.41) is 3.60. The van der Waals surface area contributed by atoms with Crippen LogP contribution in [0.25, 0.3) is 10.1 Å². The van der Waals surface area contributed by atoms with E-state index in [4.69, 9.17) is 0 Å². The average molecular weight is 271 g/mol. The molecular weight excluding hydrogens is 261 g/mol. The maximum Gasteiger partial charge on any atom is 0.265 e. The van der Waals surface area contributed by atoms with Crippen LogP contribution in [0.3, 0.4) is 0 Å². The molecule has 0 saturated carbocycles. The number of hydrogen-bond donors (Lipinski definition) is 1. The van der Waals surface area contributed by atoms with Crippen LogP contribution in [0.1, 0.15) is 9.67 Å². The first-order valence-corrected chi connectivity index (χ1v) is 6.60. The minimum absolute atomic E-state index is 0.199. The van der Waals surface area contributed by atoms with E-state index in [1.165, 1.54) is 17.4 Å². The van der Waals surface area contributed by atoms with Crippen LogP contribution in [0.4, 0.5) is 10.1 Å². The Balaban J connectivity index is 1.90. The monoisotopic (exact) mass is 271 g/mol. The second kappa shape index (κ2) is 4.82. The lowest BCUT2D eigenvalue weighted by atomic mass is 10.2. The third kappa shape index (κ3) is 2.35. The molecule has 0 aliphatic heterocycles. The van der Waals surface area contributed by atoms with Crippen LogP contribution in [0.2, 0.25) is 0 Å². The molecule has 3 rings (SSSR count). The predicted molar refractivity (Wildman–Crippen MR) is 76.2 cm³/mol. The van der Waals surface area contributed by atoms with E-state index in [-0.39, 0.29) is 11.6 Å². The van der Waals surface area contributed by atoms with E-state index in [0.29, 0.717) is 4.88 Å². The molecule has 0 unspecified atom stereocenters. The number of thiophene rings is 1. The van der Waals surface area contributed by atoms with Crippen molar-refractivity contribution in [2.75, 3.05) is 5.32 Å². The minimum atomic E-state index is -0.433. The van der Waals surface area contributed by atoms with Crippen molar-refractivity contribution >= 4 is 33.0 Å². The van der Waals surface area contributed by atoms with Gasteiger partial charge in [0.25, 0.3) is 5.91 Å². The largest absolute Gasteiger partial charge is 0.319 e. The zero-order valence-corrected chi connectivity index (χ0v) is 10.7. The number of halogens is 1. The number of carbonyl (C=O) groups excluding carboxylic acids is 1. The number of amides is 1. The van der Waals surface area contributed by atoms with Crippen molar-refractivity contribution in [3.05, 3.63) is 65.3 Å². The van der Waals surface area contributed by atoms with Crippen LogP contribution in [-0.2, 0) is 0 Å². The van der Waals surface area contributed by atoms with Crippen molar-refractivity contribution in [2.45, 2.75) is 0 Å². The van der Waals surface area contributed by atoms with Crippen molar-refractivity contribution in [2.24, 2.45) is 0 Å². The normalized spacial score (nSPS) is 10.6. The molecule has 1 N–H and O–H groups in total. The lowest BCUT2D eigenvalue weighted by Gasteiger charge is -2.03. The third-order valence-corrected chi connectivity index (χ3v) is 3.89. The van der Waals surface area contributed by atoms with Gasteiger partial charge in [0.1, 0.15) is 5.82 Å². The number of fused-ring (bicyclic) bond motifs is 1. The molecule has 1 amide bonds. The van der Waals surface area contributed by atoms with Crippen LogP contribution in [0.5, 0.6) is 0 Å². The molecule has 0 aliphatic rings. The topological polar surface area (TPSA) is 29.1 Å². The van der Waals surface area contributed by atoms with E-state index >= 15 is 0 Å². The standard InChI is InChI=1S/C15H10FNOS/c16-11-6-2-3-7-12(11)17-15(18)14-9-10-5-1-4-8-13(10)19-14/h1-9H,(H,17,18). The molecule has 0 bridgehead atoms. The van der Waals surface area contributed by atoms with Gasteiger partial charge in [-0.2, -0.15) is 0 Å². The summed E-state index contributed by atoms with van der Waals surface area (Å²) in [6.45, 7) is 0. The van der Waals surface area contributed by atoms with Gasteiger partial charge in [0.2, 0.25) is 0 Å². The summed E-state index contributed by atoms with van der Waals surface area (Å²) in [6, 6.07) is 15.7. The zero-order valence-electron chi connectivity index (χ0n) is 9.89. The number of hydrogen-bond acceptors (Lipinski definition) is 2. The first kappa shape index (κ1) is 11.9. The first-order valence-electron chi connectivity index (χ1n) is 5.78. The van der Waals surface area contributed by atoms with E-state index in [9.17, 15) is 9.18 Å². The van der Waals surface area contributed by atoms with Gasteiger partial charge in [-0.3, -0.25) is 4.79 Å². The summed E-state index contributed by atoms with van der Waals surface area (Å²) in [5.74, 6) is -0.719. The zero-order chi connectivity index (χ0) is 13.2. The maximum absolute atomic E-state index is 13.5. The van der Waals surface area contributed by atoms with Gasteiger partial charge in [-0.1, -0.05) is 30.3 Å². The van der Waals surface area contributed by atoms with Gasteiger partial charge in [0.05, 0.1) is 10.6 Å². The molecule has 0 atom stereocenters. The number of anilines is 1. The highest BCUT2D eigenvalue weighted by Gasteiger charge is 2.11. The van der Waals surface area contributed by atoms with Gasteiger partial charge >= 0.3 is 0 Å². The van der Waals surface area contributed by atoms with E-state index in [1.807, 2.05) is 30.3 Å². The van der Waals surface area contributed by atoms with E-state index < -0.39 is 5.82 Å². The lowest BCUT2D eigenvalue weighted by Crippen LogP contribution is -2.11. The van der Waals surface area contributed by atoms with Gasteiger partial charge in [-0.05, 0) is 29.7 Å². The molecule has 0 spiro atoms. The number of rotatable bonds is 2. The molecular formula is C15H10FNOS. The Morgan fingerprint density at radius 2 is 1.79 bits per heavy atom. The molecule has 0 saturated heterocycles. The van der Waals surface area contributed by atoms with E-state index in [2.05, 4.69) is 5.32 Å². The fourth-order valence-electron chi connectivity index (χ4n) is 1.84. The Morgan fingerprint density at radius 1 is 1.05 bits per heavy atom. The Morgan fingerprint density at radius 3 is 2.58 bits per heavy atom. The molecule has 0 fully saturated rings. The molecule has 0 aliphatic carbocycles. The van der Waals surface area contributed by atoms with Crippen molar-refractivity contribution in [1.82, 2.24) is 0 Å². The number of benzene rings is 2. The highest BCUT2D eigenvalue weighted by atomic mass is 32.1. The fraction of sp³-hybridized carbons (Fsp3) is 0. The van der Waals surface area contributed by atoms with Gasteiger partial charge < -0.3 is 5.32 Å². The molecule has 1 aromatic heterocycles. The molecule has 2 aromatic carbocycles. The van der Waals surface area contributed by atoms with Gasteiger partial charge in [0.15, 0.2) is 0 Å². The second-order valence-corrected chi connectivity index (χ2v) is 5.17. The SMILES string of the molecule is O=C(Nc1ccccc1F)c1cc2ccccc2s1. The second-order valence-electron chi connectivity index (χ2n) is 4.08. The van der Waals surface area contributed by atoms with E-state index in [1.54, 1.807) is 18.2 Å². The van der Waals surface area contributed by atoms with Crippen LogP contribution in [0, 0.1) is 5.82 Å². The lowest BCUT2D eigenvalue weighted by molar-refractivity contribution is 0.103. The van der Waals surface area contributed by atoms with Crippen molar-refractivity contribution < 1.29 is 9.18 Å². The molecule has 3 aromatic rings. The van der Waals surface area contributed by atoms with Crippen molar-refractivity contribution in [1.29, 1.82) is 0 Å². The number of carbonyl (C=O) groups is 1. The Hall–Kier alpha value is -2.20. The van der Waals surface area contributed by atoms with Crippen molar-refractivity contribution in [3.63, 3.8) is 0 Å². The highest BCUT2D eigenvalue weighted by molar-refractivity contribution is 7.20. The van der Waals surface area contributed by atoms with Crippen LogP contribution >= 0.6 is 11.3 Å². The summed E-state index contributed by atoms with van der Waals surface area (Å²) in [7, 11) is 0. The number of para-hydroxylation sites is 1. The average Bonchev–Trinajstić information content (AvgIpc) is 2.85. The van der Waals surface area contributed by atoms with Crippen LogP contribution in [-0.4, -0.2) is 5.91 Å². The molecule has 2 nitrogen and oxygen atoms in total. The summed E-state index contributed by atoms with van der Waals surface area (Å²) in [6.07, 6.45) is 0. The summed E-state index contributed by atoms with van der Waals surface area (Å²) in [5.41, 5.74) is 0.199. The molecule has 19 heavy (non-hydrogen) atoms. The van der Waals surface area contributed by atoms with Crippen molar-refractivity contribution in [3.8, 4) is 0 Å². The van der Waals surface area contributed by atoms with Gasteiger partial charge in [0, 0.05) is 4.70 Å². The Labute approximate surface area is 113 Å². The van der Waals surface area contributed by atoms with Crippen LogP contribution in [0.15, 0.2) is 54.6 Å². The van der Waals surface area contributed by atoms with Gasteiger partial charge in [-0.25, -0.2) is 4.39 Å². The van der Waals surface area contributed by atoms with Crippen LogP contribution < -0.4 is 5.32 Å². The first-order chi connectivity index (χ1) is 9.24. The van der Waals surface area contributed by atoms with E-state index in [0.717, 1.165) is 10.1 Å². The molecule has 4 heteroatoms. The summed E-state index contributed by atoms with van der Waals surface area (Å²) < 4.78 is 14.5. The Kier molecular flexibility index (Phi) is 3.01. The summed E-state index contributed by atoms with van der Waals surface area (Å²) >= 11 is 1.40. The molecule has 0 radical (unpaired) electrons. The predicted octanol–water partition coefficient (Wildman–Crippen LogP) is 4.29. The number of nitrogens with one attached hydrogen (secondary N) is 1. The molecule has 94 valence electrons. The maximum atomic E-state index is 13.5. The quantitative estimate of drug-likeness (QED) is 0.740. The smallest absolute Gasteiger partial charge is 0.265 e. The fourth-order valence-corrected chi connectivity index (χ4v) is 2.80. The summed E-state index contributed by atoms with van der Waals surface area (Å²) in [4.78, 5) is 12.6. The minimum Gasteiger partial charge on any atom is -0.319 e. The third-order valence-electron chi connectivity index (χ3n) is 2.77. The molecule has 1 heterocycles. The Bertz CT molecular complexity index is 717. The highest BCUT2D eigenvalue weighted by Crippen LogP contribution is 2.26.